The van der Waals surface area contributed by atoms with E-state index in [4.69, 9.17) is 25.5 Å². The van der Waals surface area contributed by atoms with E-state index in [1.54, 1.807) is 18.2 Å². The Morgan fingerprint density at radius 2 is 1.84 bits per heavy atom. The molecule has 7 nitrogen and oxygen atoms in total. The Morgan fingerprint density at radius 3 is 2.55 bits per heavy atom. The van der Waals surface area contributed by atoms with Crippen molar-refractivity contribution in [1.82, 2.24) is 0 Å². The number of furan rings is 1. The standard InChI is InChI=1S/C23H25ClO7/c1-12-3-6-18-14(7-12)10-16(30-18)9-13-8-15(4-5-17(13)24)23(29-2)22(28)21(27)20(26)19(11-25)31-23/h3-8,10,19-22,25-28H,9,11H2,1-2H3/t19?,20-,21?,22-,23+/m1/s1. The van der Waals surface area contributed by atoms with Gasteiger partial charge in [-0.1, -0.05) is 29.3 Å². The van der Waals surface area contributed by atoms with Gasteiger partial charge in [0.2, 0.25) is 5.79 Å². The zero-order valence-electron chi connectivity index (χ0n) is 17.2. The van der Waals surface area contributed by atoms with Crippen LogP contribution in [0.4, 0.5) is 0 Å². The molecule has 0 aliphatic carbocycles. The quantitative estimate of drug-likeness (QED) is 0.473. The van der Waals surface area contributed by atoms with Gasteiger partial charge in [-0.15, -0.1) is 0 Å². The number of aryl methyl sites for hydroxylation is 1. The van der Waals surface area contributed by atoms with Gasteiger partial charge in [-0.25, -0.2) is 0 Å². The number of aliphatic hydroxyl groups is 4. The molecule has 1 aromatic heterocycles. The normalized spacial score (nSPS) is 28.9. The van der Waals surface area contributed by atoms with Gasteiger partial charge in [0.1, 0.15) is 35.8 Å². The van der Waals surface area contributed by atoms with Crippen LogP contribution in [0.2, 0.25) is 5.02 Å². The summed E-state index contributed by atoms with van der Waals surface area (Å²) in [6.45, 7) is 1.45. The van der Waals surface area contributed by atoms with Crippen LogP contribution in [-0.2, 0) is 21.7 Å². The molecule has 0 spiro atoms. The van der Waals surface area contributed by atoms with E-state index in [0.29, 0.717) is 28.3 Å². The van der Waals surface area contributed by atoms with Crippen molar-refractivity contribution >= 4 is 22.6 Å². The number of hydrogen-bond acceptors (Lipinski definition) is 7. The number of methoxy groups -OCH3 is 1. The highest BCUT2D eigenvalue weighted by atomic mass is 35.5. The zero-order valence-corrected chi connectivity index (χ0v) is 17.9. The molecular formula is C23H25ClO7. The van der Waals surface area contributed by atoms with E-state index in [2.05, 4.69) is 0 Å². The van der Waals surface area contributed by atoms with E-state index in [0.717, 1.165) is 16.5 Å². The van der Waals surface area contributed by atoms with Crippen LogP contribution in [0.5, 0.6) is 0 Å². The largest absolute Gasteiger partial charge is 0.461 e. The number of halogens is 1. The lowest BCUT2D eigenvalue weighted by Gasteiger charge is -2.47. The second-order valence-corrected chi connectivity index (χ2v) is 8.28. The second-order valence-electron chi connectivity index (χ2n) is 7.87. The minimum absolute atomic E-state index is 0.380. The fraction of sp³-hybridized carbons (Fsp3) is 0.391. The Morgan fingerprint density at radius 1 is 1.06 bits per heavy atom. The zero-order chi connectivity index (χ0) is 22.3. The minimum Gasteiger partial charge on any atom is -0.461 e. The van der Waals surface area contributed by atoms with Gasteiger partial charge in [0.15, 0.2) is 0 Å². The first kappa shape index (κ1) is 22.2. The second kappa shape index (κ2) is 8.52. The van der Waals surface area contributed by atoms with Crippen molar-refractivity contribution in [2.75, 3.05) is 13.7 Å². The number of rotatable bonds is 5. The summed E-state index contributed by atoms with van der Waals surface area (Å²) in [5.41, 5.74) is 2.99. The molecule has 166 valence electrons. The SMILES string of the molecule is CO[C@@]1(c2ccc(Cl)c(Cc3cc4cc(C)ccc4o3)c2)OC(CO)[C@@H](O)C(O)[C@H]1O. The summed E-state index contributed by atoms with van der Waals surface area (Å²) in [7, 11) is 1.32. The van der Waals surface area contributed by atoms with Crippen molar-refractivity contribution in [3.63, 3.8) is 0 Å². The molecule has 0 amide bonds. The predicted molar refractivity (Wildman–Crippen MR) is 114 cm³/mol. The molecule has 31 heavy (non-hydrogen) atoms. The van der Waals surface area contributed by atoms with E-state index < -0.39 is 36.8 Å². The molecule has 0 radical (unpaired) electrons. The lowest BCUT2D eigenvalue weighted by atomic mass is 9.87. The molecule has 2 unspecified atom stereocenters. The van der Waals surface area contributed by atoms with Crippen LogP contribution in [-0.4, -0.2) is 58.6 Å². The third kappa shape index (κ3) is 3.87. The molecule has 0 saturated carbocycles. The first-order valence-electron chi connectivity index (χ1n) is 9.95. The molecule has 2 aromatic carbocycles. The number of hydrogen-bond donors (Lipinski definition) is 4. The molecule has 8 heteroatoms. The van der Waals surface area contributed by atoms with Crippen LogP contribution in [0.25, 0.3) is 11.0 Å². The lowest BCUT2D eigenvalue weighted by Crippen LogP contribution is -2.64. The number of benzene rings is 2. The Balaban J connectivity index is 1.71. The van der Waals surface area contributed by atoms with Crippen LogP contribution in [0.3, 0.4) is 0 Å². The molecule has 2 heterocycles. The topological polar surface area (TPSA) is 113 Å². The van der Waals surface area contributed by atoms with Crippen molar-refractivity contribution in [2.45, 2.75) is 43.5 Å². The minimum atomic E-state index is -1.80. The average Bonchev–Trinajstić information content (AvgIpc) is 3.16. The van der Waals surface area contributed by atoms with E-state index in [-0.39, 0.29) is 0 Å². The average molecular weight is 449 g/mol. The maximum atomic E-state index is 10.7. The van der Waals surface area contributed by atoms with E-state index in [1.165, 1.54) is 7.11 Å². The molecule has 4 rings (SSSR count). The van der Waals surface area contributed by atoms with Crippen molar-refractivity contribution in [3.8, 4) is 0 Å². The van der Waals surface area contributed by atoms with Gasteiger partial charge in [0.25, 0.3) is 0 Å². The van der Waals surface area contributed by atoms with Crippen LogP contribution in [0.15, 0.2) is 46.9 Å². The van der Waals surface area contributed by atoms with Gasteiger partial charge < -0.3 is 34.3 Å². The summed E-state index contributed by atoms with van der Waals surface area (Å²) in [5, 5.41) is 42.1. The Hall–Kier alpha value is -1.97. The molecule has 1 saturated heterocycles. The number of aliphatic hydroxyl groups excluding tert-OH is 4. The molecule has 4 N–H and O–H groups in total. The van der Waals surface area contributed by atoms with E-state index in [9.17, 15) is 20.4 Å². The van der Waals surface area contributed by atoms with E-state index in [1.807, 2.05) is 31.2 Å². The third-order valence-electron chi connectivity index (χ3n) is 5.79. The molecule has 0 bridgehead atoms. The first-order chi connectivity index (χ1) is 14.8. The smallest absolute Gasteiger partial charge is 0.224 e. The highest BCUT2D eigenvalue weighted by molar-refractivity contribution is 6.31. The molecule has 1 fully saturated rings. The third-order valence-corrected chi connectivity index (χ3v) is 6.16. The van der Waals surface area contributed by atoms with Crippen LogP contribution >= 0.6 is 11.6 Å². The first-order valence-corrected chi connectivity index (χ1v) is 10.3. The summed E-state index contributed by atoms with van der Waals surface area (Å²) in [6, 6.07) is 12.8. The molecule has 1 aliphatic heterocycles. The van der Waals surface area contributed by atoms with Gasteiger partial charge in [0, 0.05) is 29.5 Å². The Kier molecular flexibility index (Phi) is 6.11. The summed E-state index contributed by atoms with van der Waals surface area (Å²) < 4.78 is 17.2. The molecule has 3 aromatic rings. The highest BCUT2D eigenvalue weighted by Crippen LogP contribution is 2.40. The summed E-state index contributed by atoms with van der Waals surface area (Å²) in [6.07, 6.45) is -5.41. The maximum absolute atomic E-state index is 10.7. The number of fused-ring (bicyclic) bond motifs is 1. The van der Waals surface area contributed by atoms with Crippen LogP contribution < -0.4 is 0 Å². The Labute approximate surface area is 184 Å². The molecular weight excluding hydrogens is 424 g/mol. The van der Waals surface area contributed by atoms with Gasteiger partial charge in [-0.05, 0) is 42.8 Å². The molecule has 5 atom stereocenters. The summed E-state index contributed by atoms with van der Waals surface area (Å²) in [4.78, 5) is 0. The van der Waals surface area contributed by atoms with Gasteiger partial charge >= 0.3 is 0 Å². The van der Waals surface area contributed by atoms with Crippen LogP contribution in [0.1, 0.15) is 22.5 Å². The maximum Gasteiger partial charge on any atom is 0.224 e. The monoisotopic (exact) mass is 448 g/mol. The summed E-state index contributed by atoms with van der Waals surface area (Å²) >= 11 is 6.43. The van der Waals surface area contributed by atoms with Gasteiger partial charge in [0.05, 0.1) is 6.61 Å². The van der Waals surface area contributed by atoms with Crippen molar-refractivity contribution in [2.24, 2.45) is 0 Å². The fourth-order valence-corrected chi connectivity index (χ4v) is 4.27. The lowest BCUT2D eigenvalue weighted by molar-refractivity contribution is -0.366. The van der Waals surface area contributed by atoms with Gasteiger partial charge in [-0.2, -0.15) is 0 Å². The highest BCUT2D eigenvalue weighted by Gasteiger charge is 2.55. The Bertz CT molecular complexity index is 1080. The van der Waals surface area contributed by atoms with E-state index >= 15 is 0 Å². The van der Waals surface area contributed by atoms with Gasteiger partial charge in [-0.3, -0.25) is 0 Å². The summed E-state index contributed by atoms with van der Waals surface area (Å²) in [5.74, 6) is -1.09. The van der Waals surface area contributed by atoms with Crippen molar-refractivity contribution in [1.29, 1.82) is 0 Å². The van der Waals surface area contributed by atoms with Crippen LogP contribution in [0, 0.1) is 6.92 Å². The van der Waals surface area contributed by atoms with Crippen molar-refractivity contribution in [3.05, 3.63) is 69.9 Å². The predicted octanol–water partition coefficient (Wildman–Crippen LogP) is 2.26. The molecule has 1 aliphatic rings. The van der Waals surface area contributed by atoms with Crippen molar-refractivity contribution < 1.29 is 34.3 Å². The fourth-order valence-electron chi connectivity index (χ4n) is 4.09. The number of ether oxygens (including phenoxy) is 2.